The van der Waals surface area contributed by atoms with Crippen molar-refractivity contribution in [1.82, 2.24) is 9.97 Å². The molecular weight excluding hydrogens is 282 g/mol. The van der Waals surface area contributed by atoms with E-state index in [-0.39, 0.29) is 5.69 Å². The van der Waals surface area contributed by atoms with Crippen LogP contribution < -0.4 is 15.2 Å². The molecule has 0 bridgehead atoms. The molecule has 0 atom stereocenters. The Labute approximate surface area is 119 Å². The van der Waals surface area contributed by atoms with Gasteiger partial charge in [0, 0.05) is 11.4 Å². The first-order valence-electron chi connectivity index (χ1n) is 5.53. The van der Waals surface area contributed by atoms with Gasteiger partial charge in [-0.05, 0) is 0 Å². The molecule has 0 fully saturated rings. The van der Waals surface area contributed by atoms with Crippen molar-refractivity contribution < 1.29 is 19.0 Å². The van der Waals surface area contributed by atoms with Crippen LogP contribution in [0.15, 0.2) is 11.4 Å². The van der Waals surface area contributed by atoms with Crippen molar-refractivity contribution in [3.8, 4) is 22.9 Å². The van der Waals surface area contributed by atoms with E-state index >= 15 is 0 Å². The fourth-order valence-electron chi connectivity index (χ4n) is 1.64. The third-order valence-electron chi connectivity index (χ3n) is 2.52. The topological polar surface area (TPSA) is 96.6 Å². The van der Waals surface area contributed by atoms with Gasteiger partial charge in [0.05, 0.1) is 21.3 Å². The summed E-state index contributed by atoms with van der Waals surface area (Å²) in [4.78, 5) is 20.0. The third-order valence-corrected chi connectivity index (χ3v) is 3.20. The number of aromatic nitrogens is 2. The summed E-state index contributed by atoms with van der Waals surface area (Å²) in [5.41, 5.74) is 6.60. The lowest BCUT2D eigenvalue weighted by Gasteiger charge is -2.12. The van der Waals surface area contributed by atoms with Crippen LogP contribution in [0.4, 0.5) is 5.13 Å². The molecule has 20 heavy (non-hydrogen) atoms. The zero-order chi connectivity index (χ0) is 14.7. The SMILES string of the molecule is COC(=O)c1cc(OC)c(OC)c(-c2csc(N)n2)n1. The Bertz CT molecular complexity index is 642. The second-order valence-corrected chi connectivity index (χ2v) is 4.54. The number of esters is 1. The highest BCUT2D eigenvalue weighted by atomic mass is 32.1. The van der Waals surface area contributed by atoms with Crippen LogP contribution in [0.2, 0.25) is 0 Å². The third kappa shape index (κ3) is 2.50. The summed E-state index contributed by atoms with van der Waals surface area (Å²) in [6.45, 7) is 0. The number of hydrogen-bond acceptors (Lipinski definition) is 8. The maximum absolute atomic E-state index is 11.6. The summed E-state index contributed by atoms with van der Waals surface area (Å²) >= 11 is 1.27. The molecule has 0 aliphatic rings. The summed E-state index contributed by atoms with van der Waals surface area (Å²) in [5.74, 6) is 0.172. The molecule has 2 aromatic heterocycles. The fraction of sp³-hybridized carbons (Fsp3) is 0.250. The quantitative estimate of drug-likeness (QED) is 0.855. The number of thiazole rings is 1. The normalized spacial score (nSPS) is 10.2. The summed E-state index contributed by atoms with van der Waals surface area (Å²) < 4.78 is 15.2. The number of rotatable bonds is 4. The van der Waals surface area contributed by atoms with Crippen molar-refractivity contribution in [3.05, 3.63) is 17.1 Å². The molecule has 0 amide bonds. The maximum atomic E-state index is 11.6. The van der Waals surface area contributed by atoms with Crippen LogP contribution in [0.5, 0.6) is 11.5 Å². The van der Waals surface area contributed by atoms with E-state index in [1.165, 1.54) is 38.7 Å². The summed E-state index contributed by atoms with van der Waals surface area (Å²) in [7, 11) is 4.23. The van der Waals surface area contributed by atoms with Gasteiger partial charge in [-0.15, -0.1) is 11.3 Å². The summed E-state index contributed by atoms with van der Waals surface area (Å²) in [5, 5.41) is 2.12. The van der Waals surface area contributed by atoms with E-state index in [1.54, 1.807) is 5.38 Å². The minimum Gasteiger partial charge on any atom is -0.493 e. The zero-order valence-electron chi connectivity index (χ0n) is 11.2. The van der Waals surface area contributed by atoms with Gasteiger partial charge in [0.15, 0.2) is 22.3 Å². The Hall–Kier alpha value is -2.35. The number of methoxy groups -OCH3 is 3. The first kappa shape index (κ1) is 14.1. The van der Waals surface area contributed by atoms with Crippen LogP contribution in [-0.2, 0) is 4.74 Å². The Balaban J connectivity index is 2.66. The van der Waals surface area contributed by atoms with Crippen molar-refractivity contribution in [1.29, 1.82) is 0 Å². The predicted octanol–water partition coefficient (Wildman–Crippen LogP) is 1.59. The molecule has 0 saturated heterocycles. The van der Waals surface area contributed by atoms with Crippen LogP contribution >= 0.6 is 11.3 Å². The number of pyridine rings is 1. The average Bonchev–Trinajstić information content (AvgIpc) is 2.91. The lowest BCUT2D eigenvalue weighted by molar-refractivity contribution is 0.0593. The monoisotopic (exact) mass is 295 g/mol. The minimum absolute atomic E-state index is 0.103. The van der Waals surface area contributed by atoms with E-state index < -0.39 is 5.97 Å². The fourth-order valence-corrected chi connectivity index (χ4v) is 2.19. The van der Waals surface area contributed by atoms with Crippen LogP contribution in [-0.4, -0.2) is 37.3 Å². The second-order valence-electron chi connectivity index (χ2n) is 3.65. The van der Waals surface area contributed by atoms with Crippen LogP contribution in [0, 0.1) is 0 Å². The van der Waals surface area contributed by atoms with Gasteiger partial charge < -0.3 is 19.9 Å². The lowest BCUT2D eigenvalue weighted by Crippen LogP contribution is -2.07. The molecule has 8 heteroatoms. The van der Waals surface area contributed by atoms with Gasteiger partial charge in [-0.25, -0.2) is 14.8 Å². The van der Waals surface area contributed by atoms with Crippen molar-refractivity contribution in [2.24, 2.45) is 0 Å². The highest BCUT2D eigenvalue weighted by molar-refractivity contribution is 7.13. The Kier molecular flexibility index (Phi) is 4.04. The molecule has 2 rings (SSSR count). The molecule has 7 nitrogen and oxygen atoms in total. The van der Waals surface area contributed by atoms with E-state index in [9.17, 15) is 4.79 Å². The van der Waals surface area contributed by atoms with E-state index in [2.05, 4.69) is 14.7 Å². The first-order valence-corrected chi connectivity index (χ1v) is 6.41. The number of carbonyl (C=O) groups is 1. The molecule has 0 aromatic carbocycles. The van der Waals surface area contributed by atoms with E-state index in [0.717, 1.165) is 0 Å². The number of hydrogen-bond donors (Lipinski definition) is 1. The zero-order valence-corrected chi connectivity index (χ0v) is 12.0. The summed E-state index contributed by atoms with van der Waals surface area (Å²) in [6.07, 6.45) is 0. The van der Waals surface area contributed by atoms with Gasteiger partial charge in [-0.3, -0.25) is 0 Å². The molecule has 2 aromatic rings. The molecule has 0 radical (unpaired) electrons. The smallest absolute Gasteiger partial charge is 0.356 e. The summed E-state index contributed by atoms with van der Waals surface area (Å²) in [6, 6.07) is 1.45. The highest BCUT2D eigenvalue weighted by Crippen LogP contribution is 2.37. The number of anilines is 1. The van der Waals surface area contributed by atoms with E-state index in [4.69, 9.17) is 15.2 Å². The number of ether oxygens (including phenoxy) is 3. The minimum atomic E-state index is -0.574. The van der Waals surface area contributed by atoms with Crippen LogP contribution in [0.1, 0.15) is 10.5 Å². The van der Waals surface area contributed by atoms with Crippen molar-refractivity contribution in [2.45, 2.75) is 0 Å². The molecule has 2 heterocycles. The molecular formula is C12H13N3O4S. The van der Waals surface area contributed by atoms with Crippen LogP contribution in [0.25, 0.3) is 11.4 Å². The standard InChI is InChI=1S/C12H13N3O4S/c1-17-8-4-6(11(16)19-3)14-9(10(8)18-2)7-5-20-12(13)15-7/h4-5H,1-3H3,(H2,13,15). The van der Waals surface area contributed by atoms with Gasteiger partial charge in [-0.1, -0.05) is 0 Å². The van der Waals surface area contributed by atoms with Gasteiger partial charge >= 0.3 is 5.97 Å². The molecule has 106 valence electrons. The second kappa shape index (κ2) is 5.74. The van der Waals surface area contributed by atoms with Gasteiger partial charge in [-0.2, -0.15) is 0 Å². The Morgan fingerprint density at radius 3 is 2.50 bits per heavy atom. The molecule has 0 saturated carbocycles. The average molecular weight is 295 g/mol. The Morgan fingerprint density at radius 1 is 1.25 bits per heavy atom. The Morgan fingerprint density at radius 2 is 2.00 bits per heavy atom. The maximum Gasteiger partial charge on any atom is 0.356 e. The number of nitrogens with zero attached hydrogens (tertiary/aromatic N) is 2. The van der Waals surface area contributed by atoms with Gasteiger partial charge in [0.2, 0.25) is 0 Å². The van der Waals surface area contributed by atoms with Gasteiger partial charge in [0.1, 0.15) is 11.4 Å². The van der Waals surface area contributed by atoms with Crippen molar-refractivity contribution in [3.63, 3.8) is 0 Å². The van der Waals surface area contributed by atoms with Crippen LogP contribution in [0.3, 0.4) is 0 Å². The van der Waals surface area contributed by atoms with E-state index in [1.807, 2.05) is 0 Å². The van der Waals surface area contributed by atoms with Crippen molar-refractivity contribution in [2.75, 3.05) is 27.1 Å². The molecule has 0 unspecified atom stereocenters. The number of nitrogen functional groups attached to an aromatic ring is 1. The van der Waals surface area contributed by atoms with E-state index in [0.29, 0.717) is 28.0 Å². The molecule has 2 N–H and O–H groups in total. The van der Waals surface area contributed by atoms with Gasteiger partial charge in [0.25, 0.3) is 0 Å². The predicted molar refractivity (Wildman–Crippen MR) is 74.2 cm³/mol. The number of carbonyl (C=O) groups excluding carboxylic acids is 1. The molecule has 0 spiro atoms. The highest BCUT2D eigenvalue weighted by Gasteiger charge is 2.21. The largest absolute Gasteiger partial charge is 0.493 e. The first-order chi connectivity index (χ1) is 9.60. The lowest BCUT2D eigenvalue weighted by atomic mass is 10.2. The number of nitrogens with two attached hydrogens (primary N) is 1. The molecule has 0 aliphatic carbocycles. The van der Waals surface area contributed by atoms with Crippen molar-refractivity contribution >= 4 is 22.4 Å². The molecule has 0 aliphatic heterocycles.